The van der Waals surface area contributed by atoms with Crippen LogP contribution in [-0.4, -0.2) is 93.7 Å². The second kappa shape index (κ2) is 10.6. The maximum Gasteiger partial charge on any atom is 0.191 e. The van der Waals surface area contributed by atoms with E-state index in [-0.39, 0.29) is 0 Å². The molecule has 0 aliphatic carbocycles. The SMILES string of the molecule is CN=C(NCC1CN(C)CCN1C)NCC(c1cccs1)N1CCC(C)CC1. The standard InChI is InChI=1S/C21H38N6S/c1-17-7-9-27(10-8-17)19(20-6-5-13-28-20)15-24-21(22-2)23-14-18-16-25(3)11-12-26(18)4/h5-6,13,17-19H,7-12,14-16H2,1-4H3,(H2,22,23,24). The Morgan fingerprint density at radius 1 is 1.21 bits per heavy atom. The van der Waals surface area contributed by atoms with E-state index < -0.39 is 0 Å². The summed E-state index contributed by atoms with van der Waals surface area (Å²) in [5, 5.41) is 9.35. The molecule has 1 aromatic heterocycles. The molecule has 0 radical (unpaired) electrons. The lowest BCUT2D eigenvalue weighted by molar-refractivity contribution is 0.116. The van der Waals surface area contributed by atoms with Gasteiger partial charge in [-0.25, -0.2) is 0 Å². The fourth-order valence-corrected chi connectivity index (χ4v) is 5.04. The van der Waals surface area contributed by atoms with E-state index in [0.717, 1.165) is 44.6 Å². The zero-order chi connectivity index (χ0) is 19.9. The highest BCUT2D eigenvalue weighted by molar-refractivity contribution is 7.10. The summed E-state index contributed by atoms with van der Waals surface area (Å²) in [5.74, 6) is 1.77. The van der Waals surface area contributed by atoms with E-state index in [4.69, 9.17) is 0 Å². The molecule has 0 bridgehead atoms. The van der Waals surface area contributed by atoms with Crippen LogP contribution in [0.4, 0.5) is 0 Å². The summed E-state index contributed by atoms with van der Waals surface area (Å²) < 4.78 is 0. The molecule has 7 heteroatoms. The monoisotopic (exact) mass is 406 g/mol. The van der Waals surface area contributed by atoms with Gasteiger partial charge in [0.05, 0.1) is 6.04 Å². The summed E-state index contributed by atoms with van der Waals surface area (Å²) in [7, 11) is 6.30. The molecule has 0 amide bonds. The fraction of sp³-hybridized carbons (Fsp3) is 0.762. The van der Waals surface area contributed by atoms with Gasteiger partial charge in [-0.1, -0.05) is 13.0 Å². The Morgan fingerprint density at radius 3 is 2.68 bits per heavy atom. The molecule has 158 valence electrons. The van der Waals surface area contributed by atoms with Gasteiger partial charge in [0.25, 0.3) is 0 Å². The highest BCUT2D eigenvalue weighted by Crippen LogP contribution is 2.29. The Bertz CT molecular complexity index is 596. The first kappa shape index (κ1) is 21.6. The lowest BCUT2D eigenvalue weighted by atomic mass is 9.97. The van der Waals surface area contributed by atoms with Crippen molar-refractivity contribution in [2.24, 2.45) is 10.9 Å². The number of nitrogens with zero attached hydrogens (tertiary/aromatic N) is 4. The van der Waals surface area contributed by atoms with E-state index in [1.54, 1.807) is 0 Å². The molecule has 0 saturated carbocycles. The van der Waals surface area contributed by atoms with Crippen molar-refractivity contribution in [2.75, 3.05) is 67.0 Å². The minimum atomic E-state index is 0.425. The third kappa shape index (κ3) is 5.92. The first-order valence-corrected chi connectivity index (χ1v) is 11.6. The number of rotatable bonds is 6. The summed E-state index contributed by atoms with van der Waals surface area (Å²) in [5.41, 5.74) is 0. The van der Waals surface area contributed by atoms with Gasteiger partial charge >= 0.3 is 0 Å². The lowest BCUT2D eigenvalue weighted by Gasteiger charge is -2.38. The molecule has 1 aromatic rings. The second-order valence-electron chi connectivity index (χ2n) is 8.48. The number of likely N-dealkylation sites (N-methyl/N-ethyl adjacent to an activating group) is 2. The normalized spacial score (nSPS) is 25.0. The van der Waals surface area contributed by atoms with Crippen molar-refractivity contribution < 1.29 is 0 Å². The summed E-state index contributed by atoms with van der Waals surface area (Å²) in [4.78, 5) is 13.4. The lowest BCUT2D eigenvalue weighted by Crippen LogP contribution is -2.55. The van der Waals surface area contributed by atoms with Crippen molar-refractivity contribution in [1.29, 1.82) is 0 Å². The molecule has 2 unspecified atom stereocenters. The Labute approximate surface area is 175 Å². The Morgan fingerprint density at radius 2 is 2.00 bits per heavy atom. The van der Waals surface area contributed by atoms with Gasteiger partial charge in [0, 0.05) is 50.7 Å². The van der Waals surface area contributed by atoms with Crippen LogP contribution in [0.1, 0.15) is 30.7 Å². The number of hydrogen-bond donors (Lipinski definition) is 2. The van der Waals surface area contributed by atoms with E-state index in [2.05, 4.69) is 68.9 Å². The van der Waals surface area contributed by atoms with Gasteiger partial charge in [0.1, 0.15) is 0 Å². The van der Waals surface area contributed by atoms with Crippen molar-refractivity contribution >= 4 is 17.3 Å². The number of piperidine rings is 1. The smallest absolute Gasteiger partial charge is 0.191 e. The first-order chi connectivity index (χ1) is 13.6. The van der Waals surface area contributed by atoms with Crippen molar-refractivity contribution in [2.45, 2.75) is 31.8 Å². The number of piperazine rings is 1. The molecule has 2 aliphatic heterocycles. The molecule has 2 atom stereocenters. The minimum Gasteiger partial charge on any atom is -0.355 e. The number of likely N-dealkylation sites (tertiary alicyclic amines) is 1. The van der Waals surface area contributed by atoms with Crippen LogP contribution in [0.5, 0.6) is 0 Å². The minimum absolute atomic E-state index is 0.425. The van der Waals surface area contributed by atoms with E-state index in [1.165, 1.54) is 30.8 Å². The van der Waals surface area contributed by atoms with Crippen LogP contribution >= 0.6 is 11.3 Å². The number of guanidine groups is 1. The molecule has 3 rings (SSSR count). The van der Waals surface area contributed by atoms with Crippen LogP contribution in [0.3, 0.4) is 0 Å². The van der Waals surface area contributed by atoms with Crippen LogP contribution < -0.4 is 10.6 Å². The highest BCUT2D eigenvalue weighted by atomic mass is 32.1. The third-order valence-electron chi connectivity index (χ3n) is 6.30. The highest BCUT2D eigenvalue weighted by Gasteiger charge is 2.26. The van der Waals surface area contributed by atoms with Crippen LogP contribution in [-0.2, 0) is 0 Å². The second-order valence-corrected chi connectivity index (χ2v) is 9.46. The van der Waals surface area contributed by atoms with Gasteiger partial charge in [-0.05, 0) is 57.4 Å². The van der Waals surface area contributed by atoms with Gasteiger partial charge in [-0.3, -0.25) is 14.8 Å². The van der Waals surface area contributed by atoms with Crippen LogP contribution in [0.25, 0.3) is 0 Å². The molecule has 2 fully saturated rings. The van der Waals surface area contributed by atoms with Crippen molar-refractivity contribution in [1.82, 2.24) is 25.3 Å². The largest absolute Gasteiger partial charge is 0.355 e. The van der Waals surface area contributed by atoms with Crippen LogP contribution in [0.15, 0.2) is 22.5 Å². The topological polar surface area (TPSA) is 46.1 Å². The van der Waals surface area contributed by atoms with Gasteiger partial charge in [-0.2, -0.15) is 0 Å². The molecule has 2 aliphatic rings. The molecule has 2 N–H and O–H groups in total. The van der Waals surface area contributed by atoms with E-state index in [1.807, 2.05) is 18.4 Å². The molecule has 0 spiro atoms. The number of nitrogens with one attached hydrogen (secondary N) is 2. The van der Waals surface area contributed by atoms with E-state index in [0.29, 0.717) is 12.1 Å². The zero-order valence-electron chi connectivity index (χ0n) is 18.0. The molecule has 28 heavy (non-hydrogen) atoms. The Kier molecular flexibility index (Phi) is 8.14. The Balaban J connectivity index is 1.54. The van der Waals surface area contributed by atoms with Crippen molar-refractivity contribution in [3.8, 4) is 0 Å². The molecule has 2 saturated heterocycles. The fourth-order valence-electron chi connectivity index (χ4n) is 4.18. The zero-order valence-corrected chi connectivity index (χ0v) is 18.8. The summed E-state index contributed by atoms with van der Waals surface area (Å²) in [6.45, 7) is 9.96. The van der Waals surface area contributed by atoms with Crippen molar-refractivity contribution in [3.63, 3.8) is 0 Å². The van der Waals surface area contributed by atoms with Crippen LogP contribution in [0.2, 0.25) is 0 Å². The van der Waals surface area contributed by atoms with E-state index in [9.17, 15) is 0 Å². The first-order valence-electron chi connectivity index (χ1n) is 10.7. The van der Waals surface area contributed by atoms with E-state index >= 15 is 0 Å². The number of thiophene rings is 1. The summed E-state index contributed by atoms with van der Waals surface area (Å²) >= 11 is 1.87. The molecular weight excluding hydrogens is 368 g/mol. The summed E-state index contributed by atoms with van der Waals surface area (Å²) in [6, 6.07) is 5.39. The molecule has 0 aromatic carbocycles. The molecule has 3 heterocycles. The Hall–Kier alpha value is -1.15. The summed E-state index contributed by atoms with van der Waals surface area (Å²) in [6.07, 6.45) is 2.60. The maximum absolute atomic E-state index is 4.47. The van der Waals surface area contributed by atoms with Crippen LogP contribution in [0, 0.1) is 5.92 Å². The average Bonchev–Trinajstić information content (AvgIpc) is 3.22. The van der Waals surface area contributed by atoms with Gasteiger partial charge in [0.2, 0.25) is 0 Å². The average molecular weight is 407 g/mol. The number of aliphatic imine (C=N–C) groups is 1. The van der Waals surface area contributed by atoms with Gasteiger partial charge in [-0.15, -0.1) is 11.3 Å². The predicted octanol–water partition coefficient (Wildman–Crippen LogP) is 1.93. The predicted molar refractivity (Wildman–Crippen MR) is 120 cm³/mol. The maximum atomic E-state index is 4.47. The van der Waals surface area contributed by atoms with Gasteiger partial charge in [0.15, 0.2) is 5.96 Å². The van der Waals surface area contributed by atoms with Crippen molar-refractivity contribution in [3.05, 3.63) is 22.4 Å². The quantitative estimate of drug-likeness (QED) is 0.558. The molecule has 6 nitrogen and oxygen atoms in total. The molecular formula is C21H38N6S. The van der Waals surface area contributed by atoms with Gasteiger partial charge < -0.3 is 15.5 Å². The number of hydrogen-bond acceptors (Lipinski definition) is 5. The third-order valence-corrected chi connectivity index (χ3v) is 7.28.